The molecule has 0 saturated carbocycles. The van der Waals surface area contributed by atoms with Crippen molar-refractivity contribution in [3.05, 3.63) is 24.0 Å². The van der Waals surface area contributed by atoms with E-state index in [0.29, 0.717) is 25.4 Å². The first-order valence-corrected chi connectivity index (χ1v) is 7.80. The SMILES string of the molecule is COCCN(C)CCNS(=O)(=O)c1cccnc1CN. The number of pyridine rings is 1. The molecule has 0 amide bonds. The number of nitrogens with one attached hydrogen (secondary N) is 1. The molecule has 1 aromatic rings. The lowest BCUT2D eigenvalue weighted by Gasteiger charge is -2.16. The third-order valence-corrected chi connectivity index (χ3v) is 4.33. The molecule has 1 aromatic heterocycles. The van der Waals surface area contributed by atoms with Gasteiger partial charge in [-0.05, 0) is 19.2 Å². The molecule has 0 radical (unpaired) electrons. The Balaban J connectivity index is 2.58. The van der Waals surface area contributed by atoms with Gasteiger partial charge in [0.05, 0.1) is 12.3 Å². The Labute approximate surface area is 120 Å². The normalized spacial score (nSPS) is 12.0. The van der Waals surface area contributed by atoms with Gasteiger partial charge in [-0.15, -0.1) is 0 Å². The van der Waals surface area contributed by atoms with Gasteiger partial charge < -0.3 is 15.4 Å². The summed E-state index contributed by atoms with van der Waals surface area (Å²) in [5.41, 5.74) is 5.87. The average Bonchev–Trinajstić information content (AvgIpc) is 2.44. The van der Waals surface area contributed by atoms with Crippen LogP contribution in [0.1, 0.15) is 5.69 Å². The molecule has 20 heavy (non-hydrogen) atoms. The number of nitrogens with zero attached hydrogens (tertiary/aromatic N) is 2. The second-order valence-corrected chi connectivity index (χ2v) is 6.08. The number of sulfonamides is 1. The van der Waals surface area contributed by atoms with E-state index < -0.39 is 10.0 Å². The highest BCUT2D eigenvalue weighted by Gasteiger charge is 2.17. The highest BCUT2D eigenvalue weighted by Crippen LogP contribution is 2.11. The van der Waals surface area contributed by atoms with Gasteiger partial charge in [-0.25, -0.2) is 13.1 Å². The number of methoxy groups -OCH3 is 1. The van der Waals surface area contributed by atoms with E-state index in [2.05, 4.69) is 9.71 Å². The number of hydrogen-bond acceptors (Lipinski definition) is 6. The summed E-state index contributed by atoms with van der Waals surface area (Å²) in [4.78, 5) is 6.10. The molecule has 0 bridgehead atoms. The lowest BCUT2D eigenvalue weighted by Crippen LogP contribution is -2.34. The number of nitrogens with two attached hydrogens (primary N) is 1. The minimum Gasteiger partial charge on any atom is -0.383 e. The van der Waals surface area contributed by atoms with Crippen LogP contribution >= 0.6 is 0 Å². The lowest BCUT2D eigenvalue weighted by molar-refractivity contribution is 0.162. The molecule has 0 unspecified atom stereocenters. The summed E-state index contributed by atoms with van der Waals surface area (Å²) in [6, 6.07) is 3.09. The second-order valence-electron chi connectivity index (χ2n) is 4.35. The summed E-state index contributed by atoms with van der Waals surface area (Å²) in [6.07, 6.45) is 1.53. The smallest absolute Gasteiger partial charge is 0.242 e. The molecule has 8 heteroatoms. The van der Waals surface area contributed by atoms with E-state index in [4.69, 9.17) is 10.5 Å². The summed E-state index contributed by atoms with van der Waals surface area (Å²) in [7, 11) is -0.0319. The fourth-order valence-corrected chi connectivity index (χ4v) is 2.85. The Morgan fingerprint density at radius 1 is 1.45 bits per heavy atom. The lowest BCUT2D eigenvalue weighted by atomic mass is 10.3. The average molecular weight is 302 g/mol. The molecule has 0 fully saturated rings. The van der Waals surface area contributed by atoms with Gasteiger partial charge in [-0.3, -0.25) is 4.98 Å². The van der Waals surface area contributed by atoms with E-state index in [0.717, 1.165) is 6.54 Å². The van der Waals surface area contributed by atoms with Crippen molar-refractivity contribution in [2.45, 2.75) is 11.4 Å². The van der Waals surface area contributed by atoms with Crippen molar-refractivity contribution >= 4 is 10.0 Å². The van der Waals surface area contributed by atoms with Gasteiger partial charge in [0, 0.05) is 39.5 Å². The summed E-state index contributed by atoms with van der Waals surface area (Å²) in [5, 5.41) is 0. The Morgan fingerprint density at radius 3 is 2.85 bits per heavy atom. The number of ether oxygens (including phenoxy) is 1. The van der Waals surface area contributed by atoms with Crippen LogP contribution in [0.4, 0.5) is 0 Å². The van der Waals surface area contributed by atoms with E-state index in [9.17, 15) is 8.42 Å². The molecule has 0 atom stereocenters. The van der Waals surface area contributed by atoms with Crippen LogP contribution in [-0.4, -0.2) is 58.7 Å². The van der Waals surface area contributed by atoms with Gasteiger partial charge in [-0.2, -0.15) is 0 Å². The first kappa shape index (κ1) is 17.0. The van der Waals surface area contributed by atoms with E-state index in [1.807, 2.05) is 11.9 Å². The van der Waals surface area contributed by atoms with Crippen molar-refractivity contribution in [3.8, 4) is 0 Å². The van der Waals surface area contributed by atoms with E-state index in [1.165, 1.54) is 12.3 Å². The second kappa shape index (κ2) is 8.28. The molecular formula is C12H22N4O3S. The standard InChI is InChI=1S/C12H22N4O3S/c1-16(8-9-19-2)7-6-15-20(17,18)12-4-3-5-14-11(12)10-13/h3-5,15H,6-10,13H2,1-2H3. The maximum atomic E-state index is 12.2. The molecule has 0 aliphatic rings. The van der Waals surface area contributed by atoms with Gasteiger partial charge in [0.15, 0.2) is 0 Å². The topological polar surface area (TPSA) is 97.5 Å². The number of aromatic nitrogens is 1. The van der Waals surface area contributed by atoms with Crippen LogP contribution in [0.3, 0.4) is 0 Å². The van der Waals surface area contributed by atoms with Crippen LogP contribution in [0.5, 0.6) is 0 Å². The summed E-state index contributed by atoms with van der Waals surface area (Å²) >= 11 is 0. The molecule has 7 nitrogen and oxygen atoms in total. The minimum atomic E-state index is -3.57. The number of rotatable bonds is 9. The van der Waals surface area contributed by atoms with Crippen molar-refractivity contribution in [3.63, 3.8) is 0 Å². The number of hydrogen-bond donors (Lipinski definition) is 2. The Hall–Kier alpha value is -1.06. The van der Waals surface area contributed by atoms with E-state index >= 15 is 0 Å². The quantitative estimate of drug-likeness (QED) is 0.632. The Morgan fingerprint density at radius 2 is 2.20 bits per heavy atom. The molecule has 0 aliphatic heterocycles. The van der Waals surface area contributed by atoms with Crippen molar-refractivity contribution in [2.75, 3.05) is 40.4 Å². The van der Waals surface area contributed by atoms with Crippen LogP contribution < -0.4 is 10.5 Å². The zero-order valence-electron chi connectivity index (χ0n) is 11.9. The fourth-order valence-electron chi connectivity index (χ4n) is 1.63. The molecule has 0 saturated heterocycles. The molecule has 0 aliphatic carbocycles. The number of likely N-dealkylation sites (N-methyl/N-ethyl adjacent to an activating group) is 1. The van der Waals surface area contributed by atoms with Gasteiger partial charge in [-0.1, -0.05) is 0 Å². The molecule has 1 rings (SSSR count). The molecule has 114 valence electrons. The van der Waals surface area contributed by atoms with Crippen molar-refractivity contribution < 1.29 is 13.2 Å². The molecule has 1 heterocycles. The van der Waals surface area contributed by atoms with Gasteiger partial charge in [0.25, 0.3) is 0 Å². The highest BCUT2D eigenvalue weighted by atomic mass is 32.2. The first-order valence-electron chi connectivity index (χ1n) is 6.32. The maximum Gasteiger partial charge on any atom is 0.242 e. The zero-order valence-corrected chi connectivity index (χ0v) is 12.7. The first-order chi connectivity index (χ1) is 9.51. The van der Waals surface area contributed by atoms with Crippen LogP contribution in [0.15, 0.2) is 23.2 Å². The van der Waals surface area contributed by atoms with Crippen molar-refractivity contribution in [1.82, 2.24) is 14.6 Å². The highest BCUT2D eigenvalue weighted by molar-refractivity contribution is 7.89. The van der Waals surface area contributed by atoms with Gasteiger partial charge >= 0.3 is 0 Å². The molecule has 0 aromatic carbocycles. The zero-order chi connectivity index (χ0) is 15.0. The van der Waals surface area contributed by atoms with Crippen LogP contribution in [0.2, 0.25) is 0 Å². The molecule has 0 spiro atoms. The molecular weight excluding hydrogens is 280 g/mol. The Kier molecular flexibility index (Phi) is 7.03. The third-order valence-electron chi connectivity index (χ3n) is 2.79. The van der Waals surface area contributed by atoms with Crippen molar-refractivity contribution in [2.24, 2.45) is 5.73 Å². The van der Waals surface area contributed by atoms with E-state index in [-0.39, 0.29) is 11.4 Å². The fraction of sp³-hybridized carbons (Fsp3) is 0.583. The van der Waals surface area contributed by atoms with Crippen LogP contribution in [0.25, 0.3) is 0 Å². The summed E-state index contributed by atoms with van der Waals surface area (Å²) < 4.78 is 31.8. The van der Waals surface area contributed by atoms with Crippen LogP contribution in [-0.2, 0) is 21.3 Å². The summed E-state index contributed by atoms with van der Waals surface area (Å²) in [5.74, 6) is 0. The predicted octanol–water partition coefficient (Wildman–Crippen LogP) is -0.603. The third kappa shape index (κ3) is 5.14. The van der Waals surface area contributed by atoms with Crippen molar-refractivity contribution in [1.29, 1.82) is 0 Å². The summed E-state index contributed by atoms with van der Waals surface area (Å²) in [6.45, 7) is 2.37. The van der Waals surface area contributed by atoms with Gasteiger partial charge in [0.2, 0.25) is 10.0 Å². The van der Waals surface area contributed by atoms with Gasteiger partial charge in [0.1, 0.15) is 4.90 Å². The predicted molar refractivity (Wildman–Crippen MR) is 76.7 cm³/mol. The minimum absolute atomic E-state index is 0.0881. The maximum absolute atomic E-state index is 12.2. The Bertz CT molecular complexity index is 507. The largest absolute Gasteiger partial charge is 0.383 e. The van der Waals surface area contributed by atoms with Crippen LogP contribution in [0, 0.1) is 0 Å². The van der Waals surface area contributed by atoms with E-state index in [1.54, 1.807) is 13.2 Å². The monoisotopic (exact) mass is 302 g/mol. The molecule has 3 N–H and O–H groups in total.